The highest BCUT2D eigenvalue weighted by atomic mass is 32.1. The zero-order chi connectivity index (χ0) is 22.4. The van der Waals surface area contributed by atoms with E-state index in [0.717, 1.165) is 53.2 Å². The molecule has 4 heterocycles. The molecule has 1 fully saturated rings. The number of aliphatic hydroxyl groups excluding tert-OH is 2. The number of hydrogen-bond donors (Lipinski definition) is 2. The number of benzene rings is 1. The normalized spacial score (nSPS) is 17.4. The number of ether oxygens (including phenoxy) is 1. The lowest BCUT2D eigenvalue weighted by atomic mass is 9.90. The van der Waals surface area contributed by atoms with Gasteiger partial charge < -0.3 is 14.9 Å². The van der Waals surface area contributed by atoms with Crippen molar-refractivity contribution in [3.8, 4) is 27.8 Å². The van der Waals surface area contributed by atoms with Gasteiger partial charge in [-0.15, -0.1) is 11.3 Å². The monoisotopic (exact) mass is 455 g/mol. The minimum Gasteiger partial charge on any atom is -0.492 e. The van der Waals surface area contributed by atoms with Crippen LogP contribution < -0.4 is 4.74 Å². The van der Waals surface area contributed by atoms with Gasteiger partial charge in [-0.2, -0.15) is 5.10 Å². The molecule has 32 heavy (non-hydrogen) atoms. The molecule has 1 aromatic carbocycles. The molecule has 2 N–H and O–H groups in total. The summed E-state index contributed by atoms with van der Waals surface area (Å²) in [4.78, 5) is 13.0. The summed E-state index contributed by atoms with van der Waals surface area (Å²) in [7, 11) is 0. The van der Waals surface area contributed by atoms with Crippen LogP contribution in [0, 0.1) is 6.92 Å². The lowest BCUT2D eigenvalue weighted by Gasteiger charge is -2.40. The van der Waals surface area contributed by atoms with E-state index in [1.807, 2.05) is 11.6 Å². The predicted molar refractivity (Wildman–Crippen MR) is 123 cm³/mol. The molecular weight excluding hydrogens is 426 g/mol. The molecule has 0 radical (unpaired) electrons. The largest absolute Gasteiger partial charge is 0.492 e. The number of nitrogens with zero attached hydrogens (tertiary/aromatic N) is 5. The zero-order valence-electron chi connectivity index (χ0n) is 18.7. The fraction of sp³-hybridized carbons (Fsp3) is 0.522. The summed E-state index contributed by atoms with van der Waals surface area (Å²) < 4.78 is 8.06. The van der Waals surface area contributed by atoms with Gasteiger partial charge in [0.15, 0.2) is 10.8 Å². The third-order valence-electron chi connectivity index (χ3n) is 6.07. The van der Waals surface area contributed by atoms with Crippen molar-refractivity contribution in [2.24, 2.45) is 0 Å². The first-order valence-electron chi connectivity index (χ1n) is 11.1. The Labute approximate surface area is 191 Å². The Morgan fingerprint density at radius 2 is 2.06 bits per heavy atom. The van der Waals surface area contributed by atoms with Gasteiger partial charge in [0, 0.05) is 48.5 Å². The molecule has 3 aromatic rings. The summed E-state index contributed by atoms with van der Waals surface area (Å²) in [5.41, 5.74) is 3.26. The van der Waals surface area contributed by atoms with E-state index in [4.69, 9.17) is 14.8 Å². The summed E-state index contributed by atoms with van der Waals surface area (Å²) >= 11 is 1.68. The second-order valence-electron chi connectivity index (χ2n) is 8.92. The molecule has 1 atom stereocenters. The Kier molecular flexibility index (Phi) is 5.75. The number of rotatable bonds is 6. The Morgan fingerprint density at radius 1 is 1.25 bits per heavy atom. The van der Waals surface area contributed by atoms with Gasteiger partial charge in [-0.3, -0.25) is 4.90 Å². The molecule has 2 aliphatic rings. The fourth-order valence-electron chi connectivity index (χ4n) is 4.41. The van der Waals surface area contributed by atoms with Crippen LogP contribution in [0.2, 0.25) is 0 Å². The van der Waals surface area contributed by atoms with Crippen LogP contribution in [0.15, 0.2) is 18.2 Å². The maximum atomic E-state index is 9.64. The first-order valence-corrected chi connectivity index (χ1v) is 12.0. The van der Waals surface area contributed by atoms with Gasteiger partial charge in [-0.05, 0) is 38.5 Å². The molecule has 2 aromatic heterocycles. The van der Waals surface area contributed by atoms with Crippen molar-refractivity contribution < 1.29 is 14.9 Å². The molecule has 1 saturated heterocycles. The summed E-state index contributed by atoms with van der Waals surface area (Å²) in [6.45, 7) is 8.83. The van der Waals surface area contributed by atoms with E-state index < -0.39 is 6.10 Å². The van der Waals surface area contributed by atoms with Crippen LogP contribution in [0.25, 0.3) is 22.1 Å². The van der Waals surface area contributed by atoms with Crippen molar-refractivity contribution in [2.45, 2.75) is 45.3 Å². The van der Waals surface area contributed by atoms with Crippen LogP contribution >= 0.6 is 11.3 Å². The van der Waals surface area contributed by atoms with E-state index in [9.17, 15) is 5.11 Å². The minimum absolute atomic E-state index is 0.196. The maximum absolute atomic E-state index is 9.64. The standard InChI is InChI=1S/C23H29N5O3S/c1-13(2)28-22(24-14(3)26-28)23-25-21-18-5-4-15(8-19(18)31-7-6-20(21)32-23)16-9-27(10-16)11-17(30)12-29/h4-5,8,13,16-17,29-30H,6-7,9-12H2,1-3H3. The molecule has 9 heteroatoms. The molecular formula is C23H29N5O3S. The molecule has 0 bridgehead atoms. The number of β-amino-alcohol motifs (C(OH)–C–C–N with tert-alkyl or cyclic N) is 1. The van der Waals surface area contributed by atoms with Crippen molar-refractivity contribution in [2.75, 3.05) is 32.8 Å². The first kappa shape index (κ1) is 21.5. The number of thiazole rings is 1. The maximum Gasteiger partial charge on any atom is 0.187 e. The minimum atomic E-state index is -0.672. The van der Waals surface area contributed by atoms with Crippen molar-refractivity contribution in [1.82, 2.24) is 24.6 Å². The molecule has 1 unspecified atom stereocenters. The van der Waals surface area contributed by atoms with Crippen LogP contribution in [0.3, 0.4) is 0 Å². The van der Waals surface area contributed by atoms with Crippen LogP contribution in [-0.2, 0) is 6.42 Å². The molecule has 0 aliphatic carbocycles. The van der Waals surface area contributed by atoms with E-state index in [0.29, 0.717) is 19.1 Å². The van der Waals surface area contributed by atoms with E-state index in [-0.39, 0.29) is 12.6 Å². The second kappa shape index (κ2) is 8.55. The average Bonchev–Trinajstić information content (AvgIpc) is 3.29. The third-order valence-corrected chi connectivity index (χ3v) is 7.18. The molecule has 0 saturated carbocycles. The Morgan fingerprint density at radius 3 is 2.81 bits per heavy atom. The van der Waals surface area contributed by atoms with Crippen LogP contribution in [0.4, 0.5) is 0 Å². The van der Waals surface area contributed by atoms with Gasteiger partial charge in [-0.25, -0.2) is 14.6 Å². The first-order chi connectivity index (χ1) is 15.4. The van der Waals surface area contributed by atoms with Gasteiger partial charge in [0.1, 0.15) is 11.6 Å². The summed E-state index contributed by atoms with van der Waals surface area (Å²) in [5.74, 6) is 2.88. The average molecular weight is 456 g/mol. The number of fused-ring (bicyclic) bond motifs is 3. The number of aliphatic hydroxyl groups is 2. The van der Waals surface area contributed by atoms with Gasteiger partial charge in [0.2, 0.25) is 0 Å². The Balaban J connectivity index is 1.41. The van der Waals surface area contributed by atoms with Crippen molar-refractivity contribution in [1.29, 1.82) is 0 Å². The highest BCUT2D eigenvalue weighted by Gasteiger charge is 2.31. The van der Waals surface area contributed by atoms with E-state index in [1.54, 1.807) is 11.3 Å². The van der Waals surface area contributed by atoms with Crippen molar-refractivity contribution >= 4 is 11.3 Å². The molecule has 0 spiro atoms. The molecule has 5 rings (SSSR count). The molecule has 8 nitrogen and oxygen atoms in total. The smallest absolute Gasteiger partial charge is 0.187 e. The van der Waals surface area contributed by atoms with E-state index in [2.05, 4.69) is 47.0 Å². The summed E-state index contributed by atoms with van der Waals surface area (Å²) in [5, 5.41) is 24.1. The lowest BCUT2D eigenvalue weighted by molar-refractivity contribution is 0.0308. The second-order valence-corrected chi connectivity index (χ2v) is 10.0. The van der Waals surface area contributed by atoms with Gasteiger partial charge >= 0.3 is 0 Å². The Bertz CT molecular complexity index is 1120. The molecule has 0 amide bonds. The number of likely N-dealkylation sites (tertiary alicyclic amines) is 1. The van der Waals surface area contributed by atoms with Crippen molar-refractivity contribution in [3.05, 3.63) is 34.5 Å². The van der Waals surface area contributed by atoms with Gasteiger partial charge in [0.05, 0.1) is 25.0 Å². The van der Waals surface area contributed by atoms with Gasteiger partial charge in [0.25, 0.3) is 0 Å². The SMILES string of the molecule is Cc1nc(-c2nc3c(s2)CCOc2cc(C4CN(CC(O)CO)C4)ccc2-3)n(C(C)C)n1. The van der Waals surface area contributed by atoms with Crippen LogP contribution in [0.1, 0.15) is 42.1 Å². The molecule has 2 aliphatic heterocycles. The third kappa shape index (κ3) is 3.94. The number of aromatic nitrogens is 4. The highest BCUT2D eigenvalue weighted by Crippen LogP contribution is 2.42. The quantitative estimate of drug-likeness (QED) is 0.590. The van der Waals surface area contributed by atoms with E-state index in [1.165, 1.54) is 10.4 Å². The number of hydrogen-bond acceptors (Lipinski definition) is 8. The fourth-order valence-corrected chi connectivity index (χ4v) is 5.45. The Hall–Kier alpha value is -2.33. The lowest BCUT2D eigenvalue weighted by Crippen LogP contribution is -2.48. The summed E-state index contributed by atoms with van der Waals surface area (Å²) in [6.07, 6.45) is 0.149. The highest BCUT2D eigenvalue weighted by molar-refractivity contribution is 7.15. The van der Waals surface area contributed by atoms with Crippen molar-refractivity contribution in [3.63, 3.8) is 0 Å². The zero-order valence-corrected chi connectivity index (χ0v) is 19.5. The predicted octanol–water partition coefficient (Wildman–Crippen LogP) is 2.65. The topological polar surface area (TPSA) is 96.5 Å². The van der Waals surface area contributed by atoms with Crippen LogP contribution in [-0.4, -0.2) is 73.8 Å². The number of aryl methyl sites for hydroxylation is 1. The summed E-state index contributed by atoms with van der Waals surface area (Å²) in [6, 6.07) is 6.66. The van der Waals surface area contributed by atoms with E-state index >= 15 is 0 Å². The van der Waals surface area contributed by atoms with Crippen LogP contribution in [0.5, 0.6) is 5.75 Å². The van der Waals surface area contributed by atoms with Gasteiger partial charge in [-0.1, -0.05) is 6.07 Å². The molecule has 170 valence electrons.